The summed E-state index contributed by atoms with van der Waals surface area (Å²) in [6, 6.07) is 15.4. The summed E-state index contributed by atoms with van der Waals surface area (Å²) in [5.74, 6) is -0.0751. The Morgan fingerprint density at radius 2 is 1.91 bits per heavy atom. The maximum atomic E-state index is 12.7. The molecule has 1 heterocycles. The van der Waals surface area contributed by atoms with Crippen molar-refractivity contribution in [2.75, 3.05) is 5.32 Å². The molecule has 118 valence electrons. The standard InChI is InChI=1S/C19H19ClN2O/c1-3-11-19(2)18(23)21-16-10-9-14(20)12-15(16)17(22-19)13-7-5-4-6-8-13/h4-10,12H,3,11H2,1-2H3,(H,21,23). The molecule has 1 unspecified atom stereocenters. The number of nitrogens with one attached hydrogen (secondary N) is 1. The minimum atomic E-state index is -0.786. The Bertz CT molecular complexity index is 770. The average molecular weight is 327 g/mol. The first-order valence-electron chi connectivity index (χ1n) is 7.80. The minimum Gasteiger partial charge on any atom is -0.323 e. The first-order valence-corrected chi connectivity index (χ1v) is 8.18. The molecule has 3 rings (SSSR count). The van der Waals surface area contributed by atoms with Crippen LogP contribution < -0.4 is 5.32 Å². The Morgan fingerprint density at radius 3 is 2.61 bits per heavy atom. The molecular weight excluding hydrogens is 308 g/mol. The van der Waals surface area contributed by atoms with Crippen LogP contribution >= 0.6 is 11.6 Å². The minimum absolute atomic E-state index is 0.0751. The number of anilines is 1. The van der Waals surface area contributed by atoms with Crippen molar-refractivity contribution in [2.45, 2.75) is 32.2 Å². The van der Waals surface area contributed by atoms with Crippen LogP contribution in [0.2, 0.25) is 5.02 Å². The molecule has 0 aromatic heterocycles. The Morgan fingerprint density at radius 1 is 1.17 bits per heavy atom. The molecule has 0 radical (unpaired) electrons. The molecule has 3 nitrogen and oxygen atoms in total. The molecule has 2 aromatic carbocycles. The van der Waals surface area contributed by atoms with E-state index in [9.17, 15) is 4.79 Å². The second kappa shape index (κ2) is 6.17. The maximum Gasteiger partial charge on any atom is 0.252 e. The van der Waals surface area contributed by atoms with Crippen LogP contribution in [0.1, 0.15) is 37.8 Å². The number of hydrogen-bond donors (Lipinski definition) is 1. The summed E-state index contributed by atoms with van der Waals surface area (Å²) in [6.45, 7) is 3.95. The van der Waals surface area contributed by atoms with Crippen LogP contribution in [0, 0.1) is 0 Å². The second-order valence-corrected chi connectivity index (χ2v) is 6.43. The van der Waals surface area contributed by atoms with Gasteiger partial charge in [-0.05, 0) is 31.5 Å². The van der Waals surface area contributed by atoms with E-state index in [2.05, 4.69) is 12.2 Å². The molecular formula is C19H19ClN2O. The number of fused-ring (bicyclic) bond motifs is 1. The lowest BCUT2D eigenvalue weighted by Crippen LogP contribution is -2.37. The summed E-state index contributed by atoms with van der Waals surface area (Å²) >= 11 is 6.18. The van der Waals surface area contributed by atoms with Crippen molar-refractivity contribution >= 4 is 28.9 Å². The molecule has 1 aliphatic heterocycles. The van der Waals surface area contributed by atoms with Crippen molar-refractivity contribution in [3.63, 3.8) is 0 Å². The summed E-state index contributed by atoms with van der Waals surface area (Å²) < 4.78 is 0. The topological polar surface area (TPSA) is 41.5 Å². The summed E-state index contributed by atoms with van der Waals surface area (Å²) in [6.07, 6.45) is 1.57. The van der Waals surface area contributed by atoms with Gasteiger partial charge in [0, 0.05) is 16.1 Å². The fourth-order valence-corrected chi connectivity index (χ4v) is 3.08. The number of halogens is 1. The molecule has 0 bridgehead atoms. The maximum absolute atomic E-state index is 12.7. The Labute approximate surface area is 141 Å². The Hall–Kier alpha value is -2.13. The van der Waals surface area contributed by atoms with Crippen LogP contribution in [-0.4, -0.2) is 17.2 Å². The van der Waals surface area contributed by atoms with Crippen molar-refractivity contribution in [3.8, 4) is 0 Å². The molecule has 2 aromatic rings. The van der Waals surface area contributed by atoms with E-state index >= 15 is 0 Å². The number of benzene rings is 2. The van der Waals surface area contributed by atoms with Gasteiger partial charge in [-0.15, -0.1) is 0 Å². The highest BCUT2D eigenvalue weighted by Crippen LogP contribution is 2.32. The number of hydrogen-bond acceptors (Lipinski definition) is 2. The van der Waals surface area contributed by atoms with Crippen LogP contribution in [0.4, 0.5) is 5.69 Å². The molecule has 0 fully saturated rings. The second-order valence-electron chi connectivity index (χ2n) is 5.99. The smallest absolute Gasteiger partial charge is 0.252 e. The Balaban J connectivity index is 2.25. The van der Waals surface area contributed by atoms with E-state index in [1.165, 1.54) is 0 Å². The van der Waals surface area contributed by atoms with E-state index in [1.807, 2.05) is 49.4 Å². The van der Waals surface area contributed by atoms with Crippen molar-refractivity contribution in [1.29, 1.82) is 0 Å². The highest BCUT2D eigenvalue weighted by atomic mass is 35.5. The van der Waals surface area contributed by atoms with Crippen LogP contribution in [-0.2, 0) is 4.79 Å². The molecule has 23 heavy (non-hydrogen) atoms. The molecule has 1 atom stereocenters. The van der Waals surface area contributed by atoms with E-state index in [1.54, 1.807) is 6.07 Å². The van der Waals surface area contributed by atoms with E-state index in [4.69, 9.17) is 16.6 Å². The summed E-state index contributed by atoms with van der Waals surface area (Å²) in [5, 5.41) is 3.64. The van der Waals surface area contributed by atoms with Crippen LogP contribution in [0.25, 0.3) is 0 Å². The lowest BCUT2D eigenvalue weighted by Gasteiger charge is -2.22. The van der Waals surface area contributed by atoms with Crippen molar-refractivity contribution in [1.82, 2.24) is 0 Å². The lowest BCUT2D eigenvalue weighted by molar-refractivity contribution is -0.120. The predicted molar refractivity (Wildman–Crippen MR) is 95.5 cm³/mol. The zero-order valence-corrected chi connectivity index (χ0v) is 14.0. The van der Waals surface area contributed by atoms with E-state index in [-0.39, 0.29) is 5.91 Å². The number of nitrogens with zero attached hydrogens (tertiary/aromatic N) is 1. The summed E-state index contributed by atoms with van der Waals surface area (Å²) in [4.78, 5) is 17.6. The zero-order chi connectivity index (χ0) is 16.4. The predicted octanol–water partition coefficient (Wildman–Crippen LogP) is 4.69. The van der Waals surface area contributed by atoms with E-state index in [0.717, 1.165) is 28.9 Å². The fourth-order valence-electron chi connectivity index (χ4n) is 2.91. The van der Waals surface area contributed by atoms with E-state index in [0.29, 0.717) is 11.4 Å². The monoisotopic (exact) mass is 326 g/mol. The molecule has 0 saturated carbocycles. The number of aliphatic imine (C=N–C) groups is 1. The van der Waals surface area contributed by atoms with Gasteiger partial charge in [0.25, 0.3) is 5.91 Å². The van der Waals surface area contributed by atoms with Crippen molar-refractivity contribution < 1.29 is 4.79 Å². The van der Waals surface area contributed by atoms with Gasteiger partial charge in [0.05, 0.1) is 11.4 Å². The molecule has 4 heteroatoms. The zero-order valence-electron chi connectivity index (χ0n) is 13.3. The van der Waals surface area contributed by atoms with Gasteiger partial charge in [-0.1, -0.05) is 55.3 Å². The van der Waals surface area contributed by atoms with Gasteiger partial charge >= 0.3 is 0 Å². The van der Waals surface area contributed by atoms with Gasteiger partial charge < -0.3 is 5.32 Å². The van der Waals surface area contributed by atoms with Gasteiger partial charge in [-0.25, -0.2) is 0 Å². The third kappa shape index (κ3) is 3.02. The van der Waals surface area contributed by atoms with Gasteiger partial charge in [-0.2, -0.15) is 0 Å². The molecule has 0 aliphatic carbocycles. The highest BCUT2D eigenvalue weighted by Gasteiger charge is 2.35. The molecule has 1 N–H and O–H groups in total. The highest BCUT2D eigenvalue weighted by molar-refractivity contribution is 6.32. The van der Waals surface area contributed by atoms with Crippen LogP contribution in [0.5, 0.6) is 0 Å². The summed E-state index contributed by atoms with van der Waals surface area (Å²) in [5.41, 5.74) is 2.61. The number of carbonyl (C=O) groups excluding carboxylic acids is 1. The third-order valence-corrected chi connectivity index (χ3v) is 4.35. The molecule has 0 saturated heterocycles. The van der Waals surface area contributed by atoms with Crippen LogP contribution in [0.3, 0.4) is 0 Å². The molecule has 1 amide bonds. The molecule has 1 aliphatic rings. The third-order valence-electron chi connectivity index (χ3n) is 4.12. The van der Waals surface area contributed by atoms with Crippen molar-refractivity contribution in [3.05, 3.63) is 64.7 Å². The van der Waals surface area contributed by atoms with Gasteiger partial charge in [0.15, 0.2) is 0 Å². The van der Waals surface area contributed by atoms with Crippen molar-refractivity contribution in [2.24, 2.45) is 4.99 Å². The largest absolute Gasteiger partial charge is 0.323 e. The van der Waals surface area contributed by atoms with Crippen LogP contribution in [0.15, 0.2) is 53.5 Å². The van der Waals surface area contributed by atoms with Gasteiger partial charge in [-0.3, -0.25) is 9.79 Å². The first kappa shape index (κ1) is 15.8. The number of rotatable bonds is 3. The first-order chi connectivity index (χ1) is 11.0. The number of carbonyl (C=O) groups is 1. The quantitative estimate of drug-likeness (QED) is 0.873. The normalized spacial score (nSPS) is 20.3. The number of amides is 1. The lowest BCUT2D eigenvalue weighted by atomic mass is 9.95. The fraction of sp³-hybridized carbons (Fsp3) is 0.263. The van der Waals surface area contributed by atoms with Gasteiger partial charge in [0.1, 0.15) is 5.54 Å². The van der Waals surface area contributed by atoms with Gasteiger partial charge in [0.2, 0.25) is 0 Å². The average Bonchev–Trinajstić information content (AvgIpc) is 2.65. The molecule has 0 spiro atoms. The summed E-state index contributed by atoms with van der Waals surface area (Å²) in [7, 11) is 0. The number of benzodiazepines with no additional fused rings is 1. The SMILES string of the molecule is CCCC1(C)N=C(c2ccccc2)c2cc(Cl)ccc2NC1=O. The Kier molecular flexibility index (Phi) is 4.22. The van der Waals surface area contributed by atoms with E-state index < -0.39 is 5.54 Å².